The Balaban J connectivity index is 6.54. The third-order valence-corrected chi connectivity index (χ3v) is 3.21. The van der Waals surface area contributed by atoms with Crippen LogP contribution in [-0.4, -0.2) is 57.0 Å². The van der Waals surface area contributed by atoms with Crippen molar-refractivity contribution in [2.24, 2.45) is 0 Å². The first-order valence-electron chi connectivity index (χ1n) is 5.76. The quantitative estimate of drug-likeness (QED) is 0.273. The monoisotopic (exact) mass is 498 g/mol. The van der Waals surface area contributed by atoms with Crippen LogP contribution in [0.4, 0.5) is 78.2 Å². The van der Waals surface area contributed by atoms with Crippen LogP contribution < -0.4 is 0 Å². The van der Waals surface area contributed by atoms with Crippen molar-refractivity contribution in [2.45, 2.75) is 41.7 Å². The van der Waals surface area contributed by atoms with E-state index in [1.165, 1.54) is 0 Å². The van der Waals surface area contributed by atoms with Crippen LogP contribution in [0.1, 0.15) is 0 Å². The summed E-state index contributed by atoms with van der Waals surface area (Å²) in [6.07, 6.45) is -7.82. The molecule has 0 aliphatic rings. The Kier molecular flexibility index (Phi) is 6.35. The van der Waals surface area contributed by atoms with E-state index in [0.29, 0.717) is 0 Å². The molecule has 0 atom stereocenters. The first kappa shape index (κ1) is 27.4. The van der Waals surface area contributed by atoms with Gasteiger partial charge in [-0.1, -0.05) is 0 Å². The molecule has 0 aliphatic heterocycles. The van der Waals surface area contributed by atoms with Crippen LogP contribution in [0.3, 0.4) is 0 Å². The van der Waals surface area contributed by atoms with Crippen LogP contribution in [0.2, 0.25) is 0 Å². The Labute approximate surface area is 146 Å². The molecule has 0 rings (SSSR count). The molecule has 0 aliphatic carbocycles. The lowest BCUT2D eigenvalue weighted by molar-refractivity contribution is -0.450. The van der Waals surface area contributed by atoms with E-state index in [-0.39, 0.29) is 0 Å². The average Bonchev–Trinajstić information content (AvgIpc) is 2.42. The van der Waals surface area contributed by atoms with Gasteiger partial charge in [-0.15, -0.1) is 0 Å². The highest BCUT2D eigenvalue weighted by Gasteiger charge is 2.94. The van der Waals surface area contributed by atoms with Crippen molar-refractivity contribution in [1.82, 2.24) is 0 Å². The zero-order valence-corrected chi connectivity index (χ0v) is 13.1. The molecule has 0 N–H and O–H groups in total. The van der Waals surface area contributed by atoms with Crippen molar-refractivity contribution in [3.8, 4) is 0 Å². The highest BCUT2D eigenvalue weighted by Crippen LogP contribution is 2.62. The average molecular weight is 498 g/mol. The second kappa shape index (κ2) is 6.72. The number of carbonyl (C=O) groups is 1. The maximum Gasteiger partial charge on any atom is 0.877 e. The van der Waals surface area contributed by atoms with Crippen LogP contribution in [0.5, 0.6) is 0 Å². The van der Waals surface area contributed by atoms with Gasteiger partial charge < -0.3 is 4.43 Å². The number of hydrogen-bond donors (Lipinski definition) is 0. The van der Waals surface area contributed by atoms with Crippen molar-refractivity contribution in [3.63, 3.8) is 0 Å². The number of hydrogen-bond acceptors (Lipinski definition) is 2. The number of alkyl halides is 15. The smallest absolute Gasteiger partial charge is 0.438 e. The largest absolute Gasteiger partial charge is 0.877 e. The zero-order valence-electron chi connectivity index (χ0n) is 12.1. The lowest BCUT2D eigenvalue weighted by Gasteiger charge is -2.40. The summed E-state index contributed by atoms with van der Waals surface area (Å²) in [6, 6.07) is 0. The highest BCUT2D eigenvalue weighted by molar-refractivity contribution is 6.53. The molecule has 0 heterocycles. The van der Waals surface area contributed by atoms with Gasteiger partial charge in [0.1, 0.15) is 0 Å². The van der Waals surface area contributed by atoms with Gasteiger partial charge >= 0.3 is 57.0 Å². The van der Waals surface area contributed by atoms with Gasteiger partial charge in [-0.2, -0.15) is 65.9 Å². The molecular formula is C8F18O2Si. The molecule has 0 saturated carbocycles. The lowest BCUT2D eigenvalue weighted by atomic mass is 9.91. The maximum atomic E-state index is 13.0. The molecule has 29 heavy (non-hydrogen) atoms. The fraction of sp³-hybridized carbons (Fsp3) is 0.875. The highest BCUT2D eigenvalue weighted by atomic mass is 28.5. The molecule has 0 spiro atoms. The molecule has 2 nitrogen and oxygen atoms in total. The third kappa shape index (κ3) is 3.92. The summed E-state index contributed by atoms with van der Waals surface area (Å²) in [5.41, 5.74) is 0. The normalized spacial score (nSPS) is 16.1. The van der Waals surface area contributed by atoms with Crippen molar-refractivity contribution < 1.29 is 87.4 Å². The predicted molar refractivity (Wildman–Crippen MR) is 50.9 cm³/mol. The molecule has 0 bridgehead atoms. The van der Waals surface area contributed by atoms with Crippen molar-refractivity contribution in [2.75, 3.05) is 0 Å². The summed E-state index contributed by atoms with van der Waals surface area (Å²) in [7, 11) is -8.12. The van der Waals surface area contributed by atoms with E-state index in [1.807, 2.05) is 0 Å². The summed E-state index contributed by atoms with van der Waals surface area (Å²) in [5.74, 6) is -55.0. The first-order chi connectivity index (χ1) is 12.1. The molecule has 0 unspecified atom stereocenters. The minimum atomic E-state index is -8.71. The number of rotatable bonds is 7. The van der Waals surface area contributed by atoms with Gasteiger partial charge in [0.2, 0.25) is 0 Å². The van der Waals surface area contributed by atoms with Crippen molar-refractivity contribution in [3.05, 3.63) is 0 Å². The minimum absolute atomic E-state index is 1.68. The van der Waals surface area contributed by atoms with Crippen LogP contribution in [0, 0.1) is 0 Å². The summed E-state index contributed by atoms with van der Waals surface area (Å²) in [4.78, 5) is 10.3. The minimum Gasteiger partial charge on any atom is -0.438 e. The molecule has 21 heteroatoms. The molecule has 0 radical (unpaired) electrons. The molecule has 0 fully saturated rings. The van der Waals surface area contributed by atoms with E-state index in [1.54, 1.807) is 4.43 Å². The van der Waals surface area contributed by atoms with Crippen LogP contribution in [0.25, 0.3) is 0 Å². The molecule has 0 aromatic carbocycles. The van der Waals surface area contributed by atoms with E-state index >= 15 is 0 Å². The number of carbonyl (C=O) groups excluding carboxylic acids is 1. The van der Waals surface area contributed by atoms with E-state index in [9.17, 15) is 83.0 Å². The van der Waals surface area contributed by atoms with Gasteiger partial charge in [-0.3, -0.25) is 0 Å². The second-order valence-electron chi connectivity index (χ2n) is 4.78. The Hall–Kier alpha value is -1.57. The molecular weight excluding hydrogens is 498 g/mol. The summed E-state index contributed by atoms with van der Waals surface area (Å²) < 4.78 is 226. The summed E-state index contributed by atoms with van der Waals surface area (Å²) in [5, 5.41) is 0. The van der Waals surface area contributed by atoms with Crippen LogP contribution in [-0.2, 0) is 9.22 Å². The standard InChI is InChI=1S/C8F18O2Si/c9-2(10,1(27)28-29(24,25)26)3(11,12)4(13,14)5(15,16)6(17,18)7(19,20)8(21,22)23. The summed E-state index contributed by atoms with van der Waals surface area (Å²) in [6.45, 7) is 0. The van der Waals surface area contributed by atoms with E-state index in [2.05, 4.69) is 0 Å². The Morgan fingerprint density at radius 1 is 0.517 bits per heavy atom. The second-order valence-corrected chi connectivity index (χ2v) is 5.87. The maximum absolute atomic E-state index is 13.0. The molecule has 0 amide bonds. The fourth-order valence-electron chi connectivity index (χ4n) is 1.26. The Morgan fingerprint density at radius 2 is 0.793 bits per heavy atom. The summed E-state index contributed by atoms with van der Waals surface area (Å²) >= 11 is 0. The zero-order chi connectivity index (χ0) is 24.3. The fourth-order valence-corrected chi connectivity index (χ4v) is 1.60. The van der Waals surface area contributed by atoms with Gasteiger partial charge in [0.15, 0.2) is 0 Å². The first-order valence-corrected chi connectivity index (χ1v) is 7.31. The topological polar surface area (TPSA) is 26.3 Å². The third-order valence-electron chi connectivity index (χ3n) is 2.79. The Bertz CT molecular complexity index is 629. The molecule has 0 aromatic heterocycles. The van der Waals surface area contributed by atoms with E-state index in [0.717, 1.165) is 0 Å². The van der Waals surface area contributed by atoms with Crippen LogP contribution in [0.15, 0.2) is 0 Å². The number of halogens is 18. The SMILES string of the molecule is O=C(O[Si](F)(F)F)C(F)(F)C(F)(F)C(F)(F)C(F)(F)C(F)(F)C(F)(F)C(F)(F)F. The molecule has 174 valence electrons. The molecule has 0 saturated heterocycles. The van der Waals surface area contributed by atoms with Gasteiger partial charge in [0.25, 0.3) is 0 Å². The van der Waals surface area contributed by atoms with Crippen molar-refractivity contribution in [1.29, 1.82) is 0 Å². The van der Waals surface area contributed by atoms with Crippen LogP contribution >= 0.6 is 0 Å². The van der Waals surface area contributed by atoms with Gasteiger partial charge in [0, 0.05) is 0 Å². The predicted octanol–water partition coefficient (Wildman–Crippen LogP) is 5.25. The van der Waals surface area contributed by atoms with Gasteiger partial charge in [-0.25, -0.2) is 17.1 Å². The van der Waals surface area contributed by atoms with E-state index < -0.39 is 57.0 Å². The Morgan fingerprint density at radius 3 is 1.07 bits per heavy atom. The van der Waals surface area contributed by atoms with Gasteiger partial charge in [0.05, 0.1) is 0 Å². The molecule has 0 aromatic rings. The van der Waals surface area contributed by atoms with E-state index in [4.69, 9.17) is 0 Å². The van der Waals surface area contributed by atoms with Gasteiger partial charge in [-0.05, 0) is 0 Å². The lowest BCUT2D eigenvalue weighted by Crippen LogP contribution is -2.73. The van der Waals surface area contributed by atoms with Crippen molar-refractivity contribution >= 4 is 15.3 Å².